The van der Waals surface area contributed by atoms with Crippen molar-refractivity contribution in [3.63, 3.8) is 0 Å². The Bertz CT molecular complexity index is 1460. The van der Waals surface area contributed by atoms with E-state index in [1.54, 1.807) is 55.4 Å². The molecule has 1 saturated heterocycles. The summed E-state index contributed by atoms with van der Waals surface area (Å²) in [5, 5.41) is 10.4. The topological polar surface area (TPSA) is 116 Å². The molecule has 0 unspecified atom stereocenters. The summed E-state index contributed by atoms with van der Waals surface area (Å²) >= 11 is 6.43. The van der Waals surface area contributed by atoms with E-state index >= 15 is 0 Å². The number of amides is 2. The highest BCUT2D eigenvalue weighted by Crippen LogP contribution is 2.37. The van der Waals surface area contributed by atoms with Crippen molar-refractivity contribution in [2.45, 2.75) is 19.3 Å². The number of hydrogen-bond acceptors (Lipinski definition) is 8. The maximum Gasteiger partial charge on any atom is 0.324 e. The number of benzene rings is 2. The number of rotatable bonds is 10. The maximum atomic E-state index is 12.3. The predicted molar refractivity (Wildman–Crippen MR) is 149 cm³/mol. The van der Waals surface area contributed by atoms with Crippen LogP contribution in [0.4, 0.5) is 16.3 Å². The number of urea groups is 1. The van der Waals surface area contributed by atoms with Crippen molar-refractivity contribution in [1.29, 1.82) is 0 Å². The highest BCUT2D eigenvalue weighted by Gasteiger charge is 2.15. The van der Waals surface area contributed by atoms with Gasteiger partial charge in [-0.15, -0.1) is 0 Å². The standard InChI is InChI=1S/C27H30ClN7O4/c1-34-25(8-9-31-34)33-27(36)32-21-7-6-18(14-20(21)28)39-26-19-15-23(37-2)24(16-22(19)29-17-30-26)38-13-5-12-35-10-3-4-11-35/h6-9,14-17H,3-5,10-13H2,1-2H3,(H2,32,33,36). The minimum absolute atomic E-state index is 0.299. The van der Waals surface area contributed by atoms with Gasteiger partial charge in [-0.3, -0.25) is 10.00 Å². The Kier molecular flexibility index (Phi) is 8.28. The Morgan fingerprint density at radius 1 is 1.08 bits per heavy atom. The van der Waals surface area contributed by atoms with E-state index in [9.17, 15) is 4.79 Å². The van der Waals surface area contributed by atoms with Gasteiger partial charge in [0, 0.05) is 31.8 Å². The van der Waals surface area contributed by atoms with Crippen LogP contribution in [0.2, 0.25) is 5.02 Å². The molecule has 3 heterocycles. The van der Waals surface area contributed by atoms with Crippen molar-refractivity contribution >= 4 is 40.0 Å². The van der Waals surface area contributed by atoms with Crippen molar-refractivity contribution in [2.75, 3.05) is 44.0 Å². The summed E-state index contributed by atoms with van der Waals surface area (Å²) < 4.78 is 19.2. The van der Waals surface area contributed by atoms with E-state index in [2.05, 4.69) is 30.6 Å². The molecule has 39 heavy (non-hydrogen) atoms. The number of hydrogen-bond donors (Lipinski definition) is 2. The monoisotopic (exact) mass is 551 g/mol. The summed E-state index contributed by atoms with van der Waals surface area (Å²) in [6.07, 6.45) is 6.52. The fraction of sp³-hybridized carbons (Fsp3) is 0.333. The van der Waals surface area contributed by atoms with Gasteiger partial charge < -0.3 is 24.4 Å². The molecule has 11 nitrogen and oxygen atoms in total. The Balaban J connectivity index is 1.26. The van der Waals surface area contributed by atoms with Crippen LogP contribution in [0.5, 0.6) is 23.1 Å². The number of carbonyl (C=O) groups excluding carboxylic acids is 1. The van der Waals surface area contributed by atoms with E-state index in [4.69, 9.17) is 25.8 Å². The van der Waals surface area contributed by atoms with E-state index in [1.165, 1.54) is 32.3 Å². The first-order valence-electron chi connectivity index (χ1n) is 12.7. The van der Waals surface area contributed by atoms with E-state index in [0.717, 1.165) is 13.0 Å². The molecule has 2 aromatic carbocycles. The van der Waals surface area contributed by atoms with Crippen LogP contribution in [0.1, 0.15) is 19.3 Å². The quantitative estimate of drug-likeness (QED) is 0.254. The van der Waals surface area contributed by atoms with Gasteiger partial charge in [-0.1, -0.05) is 11.6 Å². The van der Waals surface area contributed by atoms with Gasteiger partial charge in [-0.2, -0.15) is 5.10 Å². The van der Waals surface area contributed by atoms with E-state index < -0.39 is 6.03 Å². The van der Waals surface area contributed by atoms with Gasteiger partial charge >= 0.3 is 6.03 Å². The number of methoxy groups -OCH3 is 1. The molecule has 1 fully saturated rings. The number of anilines is 2. The molecule has 0 bridgehead atoms. The van der Waals surface area contributed by atoms with Crippen molar-refractivity contribution < 1.29 is 19.0 Å². The second-order valence-electron chi connectivity index (χ2n) is 9.11. The minimum Gasteiger partial charge on any atom is -0.493 e. The zero-order valence-corrected chi connectivity index (χ0v) is 22.6. The summed E-state index contributed by atoms with van der Waals surface area (Å²) in [7, 11) is 3.32. The summed E-state index contributed by atoms with van der Waals surface area (Å²) in [5.74, 6) is 2.52. The Morgan fingerprint density at radius 2 is 1.92 bits per heavy atom. The lowest BCUT2D eigenvalue weighted by molar-refractivity contribution is 0.254. The summed E-state index contributed by atoms with van der Waals surface area (Å²) in [5.41, 5.74) is 1.08. The van der Waals surface area contributed by atoms with Crippen molar-refractivity contribution in [2.24, 2.45) is 7.05 Å². The number of halogens is 1. The molecule has 2 aromatic heterocycles. The molecule has 1 aliphatic rings. The van der Waals surface area contributed by atoms with Gasteiger partial charge in [-0.05, 0) is 50.6 Å². The lowest BCUT2D eigenvalue weighted by atomic mass is 10.2. The maximum absolute atomic E-state index is 12.3. The van der Waals surface area contributed by atoms with Crippen LogP contribution >= 0.6 is 11.6 Å². The lowest BCUT2D eigenvalue weighted by Gasteiger charge is -2.16. The van der Waals surface area contributed by atoms with Crippen molar-refractivity contribution in [3.05, 3.63) is 53.9 Å². The van der Waals surface area contributed by atoms with Gasteiger partial charge in [-0.25, -0.2) is 14.8 Å². The summed E-state index contributed by atoms with van der Waals surface area (Å²) in [6, 6.07) is 9.82. The third-order valence-corrected chi connectivity index (χ3v) is 6.74. The molecule has 2 amide bonds. The number of carbonyl (C=O) groups is 1. The molecule has 5 rings (SSSR count). The van der Waals surface area contributed by atoms with Crippen LogP contribution < -0.4 is 24.8 Å². The van der Waals surface area contributed by atoms with Gasteiger partial charge in [0.1, 0.15) is 17.9 Å². The van der Waals surface area contributed by atoms with Gasteiger partial charge in [0.05, 0.1) is 41.5 Å². The Morgan fingerprint density at radius 3 is 2.67 bits per heavy atom. The molecule has 0 atom stereocenters. The normalized spacial score (nSPS) is 13.4. The third kappa shape index (κ3) is 6.50. The first kappa shape index (κ1) is 26.5. The van der Waals surface area contributed by atoms with Crippen LogP contribution in [0.3, 0.4) is 0 Å². The minimum atomic E-state index is -0.447. The average molecular weight is 552 g/mol. The SMILES string of the molecule is COc1cc2c(Oc3ccc(NC(=O)Nc4ccnn4C)c(Cl)c3)ncnc2cc1OCCCN1CCCC1. The van der Waals surface area contributed by atoms with Gasteiger partial charge in [0.25, 0.3) is 0 Å². The van der Waals surface area contributed by atoms with Crippen LogP contribution in [0.15, 0.2) is 48.9 Å². The molecule has 204 valence electrons. The third-order valence-electron chi connectivity index (χ3n) is 6.42. The fourth-order valence-corrected chi connectivity index (χ4v) is 4.63. The highest BCUT2D eigenvalue weighted by atomic mass is 35.5. The molecule has 0 radical (unpaired) electrons. The number of nitrogens with one attached hydrogen (secondary N) is 2. The Hall–Kier alpha value is -4.09. The zero-order chi connectivity index (χ0) is 27.2. The number of fused-ring (bicyclic) bond motifs is 1. The predicted octanol–water partition coefficient (Wildman–Crippen LogP) is 5.33. The van der Waals surface area contributed by atoms with E-state index in [-0.39, 0.29) is 0 Å². The number of nitrogens with zero attached hydrogens (tertiary/aromatic N) is 5. The van der Waals surface area contributed by atoms with Crippen molar-refractivity contribution in [1.82, 2.24) is 24.6 Å². The van der Waals surface area contributed by atoms with Crippen LogP contribution in [-0.2, 0) is 7.05 Å². The Labute approximate surface area is 231 Å². The van der Waals surface area contributed by atoms with Crippen LogP contribution in [0.25, 0.3) is 10.9 Å². The molecule has 0 spiro atoms. The first-order chi connectivity index (χ1) is 19.0. The van der Waals surface area contributed by atoms with Crippen molar-refractivity contribution in [3.8, 4) is 23.1 Å². The molecular formula is C27H30ClN7O4. The first-order valence-corrected chi connectivity index (χ1v) is 13.1. The van der Waals surface area contributed by atoms with Crippen LogP contribution in [-0.4, -0.2) is 64.0 Å². The smallest absolute Gasteiger partial charge is 0.324 e. The fourth-order valence-electron chi connectivity index (χ4n) is 4.41. The lowest BCUT2D eigenvalue weighted by Crippen LogP contribution is -2.21. The number of likely N-dealkylation sites (tertiary alicyclic amines) is 1. The number of ether oxygens (including phenoxy) is 3. The molecule has 1 aliphatic heterocycles. The highest BCUT2D eigenvalue weighted by molar-refractivity contribution is 6.34. The molecular weight excluding hydrogens is 522 g/mol. The van der Waals surface area contributed by atoms with Gasteiger partial charge in [0.2, 0.25) is 5.88 Å². The second kappa shape index (κ2) is 12.2. The second-order valence-corrected chi connectivity index (χ2v) is 9.52. The summed E-state index contributed by atoms with van der Waals surface area (Å²) in [4.78, 5) is 23.5. The zero-order valence-electron chi connectivity index (χ0n) is 21.8. The molecule has 4 aromatic rings. The number of aryl methyl sites for hydroxylation is 1. The molecule has 12 heteroatoms. The van der Waals surface area contributed by atoms with E-state index in [0.29, 0.717) is 57.2 Å². The van der Waals surface area contributed by atoms with Crippen LogP contribution in [0, 0.1) is 0 Å². The summed E-state index contributed by atoms with van der Waals surface area (Å²) in [6.45, 7) is 3.96. The van der Waals surface area contributed by atoms with E-state index in [1.807, 2.05) is 6.07 Å². The van der Waals surface area contributed by atoms with Gasteiger partial charge in [0.15, 0.2) is 11.5 Å². The molecule has 0 saturated carbocycles. The largest absolute Gasteiger partial charge is 0.493 e. The average Bonchev–Trinajstić information content (AvgIpc) is 3.60. The number of aromatic nitrogens is 4. The molecule has 2 N–H and O–H groups in total. The molecule has 0 aliphatic carbocycles.